The van der Waals surface area contributed by atoms with Crippen LogP contribution in [0, 0.1) is 0 Å². The molecule has 0 saturated heterocycles. The maximum atomic E-state index is 11.4. The van der Waals surface area contributed by atoms with Gasteiger partial charge in [-0.3, -0.25) is 4.79 Å². The van der Waals surface area contributed by atoms with Crippen LogP contribution in [0.15, 0.2) is 0 Å². The average molecular weight is 363 g/mol. The van der Waals surface area contributed by atoms with E-state index in [0.717, 1.165) is 6.42 Å². The third kappa shape index (κ3) is 17.6. The molecular weight excluding hydrogens is 330 g/mol. The highest BCUT2D eigenvalue weighted by atomic mass is 16.5. The van der Waals surface area contributed by atoms with Crippen LogP contribution < -0.4 is 5.32 Å². The van der Waals surface area contributed by atoms with Crippen LogP contribution >= 0.6 is 0 Å². The van der Waals surface area contributed by atoms with Crippen molar-refractivity contribution in [3.8, 4) is 0 Å². The highest BCUT2D eigenvalue weighted by molar-refractivity contribution is 5.83. The summed E-state index contributed by atoms with van der Waals surface area (Å²) in [5.41, 5.74) is 0. The molecule has 0 saturated carbocycles. The number of ketones is 1. The van der Waals surface area contributed by atoms with Crippen LogP contribution in [0.5, 0.6) is 0 Å². The molecule has 0 aromatic rings. The fourth-order valence-electron chi connectivity index (χ4n) is 1.96. The van der Waals surface area contributed by atoms with E-state index in [2.05, 4.69) is 5.32 Å². The van der Waals surface area contributed by atoms with Crippen molar-refractivity contribution in [2.75, 3.05) is 33.0 Å². The molecule has 0 fully saturated rings. The summed E-state index contributed by atoms with van der Waals surface area (Å²) in [5, 5.41) is 31.0. The number of carbonyl (C=O) groups is 2. The molecule has 3 unspecified atom stereocenters. The van der Waals surface area contributed by atoms with E-state index >= 15 is 0 Å². The fourth-order valence-corrected chi connectivity index (χ4v) is 1.96. The first kappa shape index (κ1) is 23.9. The lowest BCUT2D eigenvalue weighted by Gasteiger charge is -2.14. The Bertz CT molecular complexity index is 363. The molecule has 8 nitrogen and oxygen atoms in total. The van der Waals surface area contributed by atoms with E-state index in [0.29, 0.717) is 19.4 Å². The second-order valence-electron chi connectivity index (χ2n) is 6.24. The Hall–Kier alpha value is -1.06. The van der Waals surface area contributed by atoms with Crippen molar-refractivity contribution in [3.05, 3.63) is 0 Å². The Labute approximate surface area is 149 Å². The topological polar surface area (TPSA) is 125 Å². The molecule has 25 heavy (non-hydrogen) atoms. The number of rotatable bonds is 16. The van der Waals surface area contributed by atoms with Gasteiger partial charge < -0.3 is 34.9 Å². The van der Waals surface area contributed by atoms with E-state index in [1.54, 1.807) is 6.92 Å². The molecule has 0 rings (SSSR count). The minimum absolute atomic E-state index is 0.0490. The van der Waals surface area contributed by atoms with Gasteiger partial charge in [-0.2, -0.15) is 0 Å². The van der Waals surface area contributed by atoms with Crippen molar-refractivity contribution in [1.29, 1.82) is 0 Å². The zero-order chi connectivity index (χ0) is 19.1. The Kier molecular flexibility index (Phi) is 14.6. The van der Waals surface area contributed by atoms with E-state index in [1.165, 1.54) is 6.92 Å². The van der Waals surface area contributed by atoms with Crippen molar-refractivity contribution in [3.63, 3.8) is 0 Å². The van der Waals surface area contributed by atoms with Gasteiger partial charge in [0.2, 0.25) is 5.91 Å². The zero-order valence-corrected chi connectivity index (χ0v) is 15.3. The second kappa shape index (κ2) is 15.2. The van der Waals surface area contributed by atoms with Gasteiger partial charge in [-0.25, -0.2) is 0 Å². The van der Waals surface area contributed by atoms with Crippen LogP contribution in [-0.2, 0) is 19.1 Å². The number of aliphatic hydroxyl groups excluding tert-OH is 3. The molecular formula is C17H33NO7. The summed E-state index contributed by atoms with van der Waals surface area (Å²) in [7, 11) is 0. The smallest absolute Gasteiger partial charge is 0.220 e. The van der Waals surface area contributed by atoms with Crippen molar-refractivity contribution >= 4 is 11.7 Å². The van der Waals surface area contributed by atoms with Crippen molar-refractivity contribution < 1.29 is 34.4 Å². The number of hydrogen-bond acceptors (Lipinski definition) is 7. The van der Waals surface area contributed by atoms with E-state index in [1.807, 2.05) is 0 Å². The van der Waals surface area contributed by atoms with Crippen molar-refractivity contribution in [2.24, 2.45) is 0 Å². The molecule has 0 bridgehead atoms. The quantitative estimate of drug-likeness (QED) is 0.279. The fraction of sp³-hybridized carbons (Fsp3) is 0.882. The van der Waals surface area contributed by atoms with Gasteiger partial charge in [0.25, 0.3) is 0 Å². The Morgan fingerprint density at radius 2 is 1.56 bits per heavy atom. The first-order valence-electron chi connectivity index (χ1n) is 8.77. The summed E-state index contributed by atoms with van der Waals surface area (Å²) < 4.78 is 10.5. The minimum atomic E-state index is -0.827. The maximum Gasteiger partial charge on any atom is 0.220 e. The normalized spacial score (nSPS) is 14.8. The summed E-state index contributed by atoms with van der Waals surface area (Å²) in [6.45, 7) is 4.05. The highest BCUT2D eigenvalue weighted by Crippen LogP contribution is 2.04. The molecule has 0 aromatic heterocycles. The molecule has 0 aliphatic heterocycles. The summed E-state index contributed by atoms with van der Waals surface area (Å²) in [4.78, 5) is 22.1. The molecule has 148 valence electrons. The van der Waals surface area contributed by atoms with E-state index in [-0.39, 0.29) is 57.0 Å². The van der Waals surface area contributed by atoms with Crippen LogP contribution in [0.2, 0.25) is 0 Å². The SMILES string of the molecule is CC(=O)CCC(=O)NCC(O)COCCOCC(O)CCCC(C)O. The molecule has 0 radical (unpaired) electrons. The summed E-state index contributed by atoms with van der Waals surface area (Å²) in [5.74, 6) is -0.325. The van der Waals surface area contributed by atoms with Crippen LogP contribution in [0.3, 0.4) is 0 Å². The number of amides is 1. The van der Waals surface area contributed by atoms with E-state index in [4.69, 9.17) is 14.6 Å². The first-order chi connectivity index (χ1) is 11.8. The average Bonchev–Trinajstić information content (AvgIpc) is 2.53. The molecule has 4 N–H and O–H groups in total. The predicted octanol–water partition coefficient (Wildman–Crippen LogP) is -0.222. The Morgan fingerprint density at radius 1 is 0.960 bits per heavy atom. The van der Waals surface area contributed by atoms with Crippen LogP contribution in [0.25, 0.3) is 0 Å². The number of hydrogen-bond donors (Lipinski definition) is 4. The van der Waals surface area contributed by atoms with E-state index < -0.39 is 12.2 Å². The third-order valence-electron chi connectivity index (χ3n) is 3.39. The molecule has 8 heteroatoms. The third-order valence-corrected chi connectivity index (χ3v) is 3.39. The lowest BCUT2D eigenvalue weighted by molar-refractivity contribution is -0.125. The number of ether oxygens (including phenoxy) is 2. The number of carbonyl (C=O) groups excluding carboxylic acids is 2. The standard InChI is InChI=1S/C17H33NO7/c1-13(19)4-3-5-15(21)11-24-8-9-25-12-16(22)10-18-17(23)7-6-14(2)20/h13,15-16,19,21-22H,3-12H2,1-2H3,(H,18,23). The summed E-state index contributed by atoms with van der Waals surface area (Å²) in [6.07, 6.45) is 0.547. The zero-order valence-electron chi connectivity index (χ0n) is 15.3. The van der Waals surface area contributed by atoms with Gasteiger partial charge in [0, 0.05) is 19.4 Å². The Morgan fingerprint density at radius 3 is 2.12 bits per heavy atom. The van der Waals surface area contributed by atoms with Gasteiger partial charge in [0.05, 0.1) is 44.7 Å². The molecule has 0 aliphatic carbocycles. The van der Waals surface area contributed by atoms with Gasteiger partial charge in [-0.15, -0.1) is 0 Å². The van der Waals surface area contributed by atoms with Gasteiger partial charge in [0.1, 0.15) is 5.78 Å². The Balaban J connectivity index is 3.46. The van der Waals surface area contributed by atoms with E-state index in [9.17, 15) is 19.8 Å². The van der Waals surface area contributed by atoms with Crippen molar-refractivity contribution in [1.82, 2.24) is 5.32 Å². The predicted molar refractivity (Wildman–Crippen MR) is 92.1 cm³/mol. The van der Waals surface area contributed by atoms with Gasteiger partial charge in [-0.1, -0.05) is 0 Å². The van der Waals surface area contributed by atoms with Crippen LogP contribution in [-0.4, -0.2) is 78.3 Å². The molecule has 3 atom stereocenters. The molecule has 0 aliphatic rings. The second-order valence-corrected chi connectivity index (χ2v) is 6.24. The maximum absolute atomic E-state index is 11.4. The van der Waals surface area contributed by atoms with Gasteiger partial charge in [-0.05, 0) is 33.1 Å². The monoisotopic (exact) mass is 363 g/mol. The molecule has 1 amide bonds. The molecule has 0 heterocycles. The number of Topliss-reactive ketones (excluding diaryl/α,β-unsaturated/α-hetero) is 1. The summed E-state index contributed by atoms with van der Waals surface area (Å²) in [6, 6.07) is 0. The molecule has 0 spiro atoms. The lowest BCUT2D eigenvalue weighted by atomic mass is 10.1. The van der Waals surface area contributed by atoms with Crippen LogP contribution in [0.1, 0.15) is 46.0 Å². The number of aliphatic hydroxyl groups is 3. The van der Waals surface area contributed by atoms with Gasteiger partial charge >= 0.3 is 0 Å². The first-order valence-corrected chi connectivity index (χ1v) is 8.77. The molecule has 0 aromatic carbocycles. The van der Waals surface area contributed by atoms with Crippen molar-refractivity contribution in [2.45, 2.75) is 64.3 Å². The minimum Gasteiger partial charge on any atom is -0.393 e. The van der Waals surface area contributed by atoms with Gasteiger partial charge in [0.15, 0.2) is 0 Å². The highest BCUT2D eigenvalue weighted by Gasteiger charge is 2.09. The lowest BCUT2D eigenvalue weighted by Crippen LogP contribution is -2.34. The summed E-state index contributed by atoms with van der Waals surface area (Å²) >= 11 is 0. The van der Waals surface area contributed by atoms with Crippen LogP contribution in [0.4, 0.5) is 0 Å². The number of nitrogens with one attached hydrogen (secondary N) is 1. The largest absolute Gasteiger partial charge is 0.393 e.